The molecule has 0 aliphatic rings. The van der Waals surface area contributed by atoms with Gasteiger partial charge in [-0.05, 0) is 30.2 Å². The van der Waals surface area contributed by atoms with E-state index in [1.165, 1.54) is 6.07 Å². The second kappa shape index (κ2) is 5.97. The molecule has 0 radical (unpaired) electrons. The fraction of sp³-hybridized carbons (Fsp3) is 0.143. The number of ether oxygens (including phenoxy) is 1. The molecule has 0 saturated heterocycles. The van der Waals surface area contributed by atoms with Crippen molar-refractivity contribution >= 4 is 5.69 Å². The first kappa shape index (κ1) is 13.0. The Labute approximate surface area is 110 Å². The maximum atomic E-state index is 10.8. The van der Waals surface area contributed by atoms with Gasteiger partial charge in [-0.1, -0.05) is 24.3 Å². The van der Waals surface area contributed by atoms with Crippen LogP contribution in [0.4, 0.5) is 5.69 Å². The van der Waals surface area contributed by atoms with Gasteiger partial charge < -0.3 is 9.84 Å². The predicted octanol–water partition coefficient (Wildman–Crippen LogP) is 2.92. The van der Waals surface area contributed by atoms with E-state index in [1.807, 2.05) is 12.1 Å². The van der Waals surface area contributed by atoms with E-state index in [4.69, 9.17) is 9.84 Å². The van der Waals surface area contributed by atoms with Crippen molar-refractivity contribution in [2.75, 3.05) is 6.61 Å². The van der Waals surface area contributed by atoms with E-state index in [-0.39, 0.29) is 18.0 Å². The maximum Gasteiger partial charge on any atom is 0.311 e. The van der Waals surface area contributed by atoms with Crippen LogP contribution < -0.4 is 4.74 Å². The largest absolute Gasteiger partial charge is 0.450 e. The number of rotatable bonds is 5. The van der Waals surface area contributed by atoms with Crippen LogP contribution in [0, 0.1) is 10.1 Å². The highest BCUT2D eigenvalue weighted by Crippen LogP contribution is 2.30. The summed E-state index contributed by atoms with van der Waals surface area (Å²) < 4.78 is 5.50. The van der Waals surface area contributed by atoms with Crippen LogP contribution in [0.3, 0.4) is 0 Å². The van der Waals surface area contributed by atoms with Gasteiger partial charge in [0.1, 0.15) is 5.75 Å². The van der Waals surface area contributed by atoms with Gasteiger partial charge in [0, 0.05) is 12.7 Å². The van der Waals surface area contributed by atoms with Crippen molar-refractivity contribution in [3.05, 3.63) is 64.2 Å². The molecule has 0 aliphatic heterocycles. The smallest absolute Gasteiger partial charge is 0.311 e. The number of benzene rings is 2. The number of aliphatic hydroxyl groups is 1. The topological polar surface area (TPSA) is 72.6 Å². The van der Waals surface area contributed by atoms with Crippen molar-refractivity contribution in [1.29, 1.82) is 0 Å². The third-order valence-corrected chi connectivity index (χ3v) is 2.61. The van der Waals surface area contributed by atoms with Crippen molar-refractivity contribution in [3.8, 4) is 11.5 Å². The van der Waals surface area contributed by atoms with Gasteiger partial charge in [0.15, 0.2) is 0 Å². The normalized spacial score (nSPS) is 10.2. The Morgan fingerprint density at radius 1 is 1.11 bits per heavy atom. The highest BCUT2D eigenvalue weighted by Gasteiger charge is 2.14. The molecule has 5 nitrogen and oxygen atoms in total. The zero-order valence-corrected chi connectivity index (χ0v) is 10.2. The molecule has 0 heterocycles. The Bertz CT molecular complexity index is 566. The second-order valence-corrected chi connectivity index (χ2v) is 3.94. The summed E-state index contributed by atoms with van der Waals surface area (Å²) in [4.78, 5) is 10.4. The van der Waals surface area contributed by atoms with Crippen LogP contribution in [0.1, 0.15) is 5.56 Å². The van der Waals surface area contributed by atoms with Crippen molar-refractivity contribution in [2.24, 2.45) is 0 Å². The lowest BCUT2D eigenvalue weighted by atomic mass is 10.1. The molecule has 1 N–H and O–H groups in total. The van der Waals surface area contributed by atoms with E-state index in [9.17, 15) is 10.1 Å². The SMILES string of the molecule is O=[N+]([O-])c1ccccc1Oc1ccc(CCO)cc1. The number of hydrogen-bond acceptors (Lipinski definition) is 4. The molecular formula is C14H13NO4. The summed E-state index contributed by atoms with van der Waals surface area (Å²) in [6.07, 6.45) is 0.575. The number of para-hydroxylation sites is 2. The van der Waals surface area contributed by atoms with Crippen LogP contribution in [-0.4, -0.2) is 16.6 Å². The van der Waals surface area contributed by atoms with Crippen LogP contribution in [0.15, 0.2) is 48.5 Å². The molecule has 0 fully saturated rings. The molecule has 2 rings (SSSR count). The van der Waals surface area contributed by atoms with Gasteiger partial charge in [0.25, 0.3) is 0 Å². The number of hydrogen-bond donors (Lipinski definition) is 1. The van der Waals surface area contributed by atoms with Crippen molar-refractivity contribution in [3.63, 3.8) is 0 Å². The van der Waals surface area contributed by atoms with Crippen molar-refractivity contribution in [1.82, 2.24) is 0 Å². The van der Waals surface area contributed by atoms with Gasteiger partial charge in [0.2, 0.25) is 5.75 Å². The zero-order valence-electron chi connectivity index (χ0n) is 10.2. The summed E-state index contributed by atoms with van der Waals surface area (Å²) >= 11 is 0. The minimum Gasteiger partial charge on any atom is -0.450 e. The quantitative estimate of drug-likeness (QED) is 0.661. The molecule has 0 atom stereocenters. The van der Waals surface area contributed by atoms with E-state index < -0.39 is 4.92 Å². The fourth-order valence-electron chi connectivity index (χ4n) is 1.67. The minimum atomic E-state index is -0.477. The van der Waals surface area contributed by atoms with Crippen LogP contribution in [-0.2, 0) is 6.42 Å². The Morgan fingerprint density at radius 2 is 1.79 bits per heavy atom. The van der Waals surface area contributed by atoms with Crippen LogP contribution >= 0.6 is 0 Å². The lowest BCUT2D eigenvalue weighted by molar-refractivity contribution is -0.385. The van der Waals surface area contributed by atoms with Crippen LogP contribution in [0.5, 0.6) is 11.5 Å². The summed E-state index contributed by atoms with van der Waals surface area (Å²) in [5, 5.41) is 19.7. The summed E-state index contributed by atoms with van der Waals surface area (Å²) in [5.74, 6) is 0.735. The Balaban J connectivity index is 2.19. The molecule has 0 aromatic heterocycles. The van der Waals surface area contributed by atoms with E-state index >= 15 is 0 Å². The molecular weight excluding hydrogens is 246 g/mol. The first-order valence-corrected chi connectivity index (χ1v) is 5.82. The van der Waals surface area contributed by atoms with Gasteiger partial charge in [-0.15, -0.1) is 0 Å². The zero-order chi connectivity index (χ0) is 13.7. The van der Waals surface area contributed by atoms with E-state index in [0.29, 0.717) is 12.2 Å². The lowest BCUT2D eigenvalue weighted by Crippen LogP contribution is -1.94. The molecule has 0 amide bonds. The molecule has 19 heavy (non-hydrogen) atoms. The Hall–Kier alpha value is -2.40. The molecule has 0 saturated carbocycles. The van der Waals surface area contributed by atoms with E-state index in [1.54, 1.807) is 30.3 Å². The molecule has 98 valence electrons. The summed E-state index contributed by atoms with van der Waals surface area (Å²) in [7, 11) is 0. The second-order valence-electron chi connectivity index (χ2n) is 3.94. The minimum absolute atomic E-state index is 0.0677. The average Bonchev–Trinajstić information content (AvgIpc) is 2.42. The number of nitro groups is 1. The van der Waals surface area contributed by atoms with Crippen LogP contribution in [0.2, 0.25) is 0 Å². The fourth-order valence-corrected chi connectivity index (χ4v) is 1.67. The van der Waals surface area contributed by atoms with Crippen molar-refractivity contribution in [2.45, 2.75) is 6.42 Å². The molecule has 0 unspecified atom stereocenters. The molecule has 0 spiro atoms. The van der Waals surface area contributed by atoms with Gasteiger partial charge in [-0.3, -0.25) is 10.1 Å². The third kappa shape index (κ3) is 3.29. The predicted molar refractivity (Wildman–Crippen MR) is 70.4 cm³/mol. The lowest BCUT2D eigenvalue weighted by Gasteiger charge is -2.06. The van der Waals surface area contributed by atoms with E-state index in [0.717, 1.165) is 5.56 Å². The standard InChI is InChI=1S/C14H13NO4/c16-10-9-11-5-7-12(8-6-11)19-14-4-2-1-3-13(14)15(17)18/h1-8,16H,9-10H2. The van der Waals surface area contributed by atoms with Gasteiger partial charge in [-0.25, -0.2) is 0 Å². The Morgan fingerprint density at radius 3 is 2.42 bits per heavy atom. The van der Waals surface area contributed by atoms with Gasteiger partial charge in [-0.2, -0.15) is 0 Å². The highest BCUT2D eigenvalue weighted by molar-refractivity contribution is 5.48. The molecule has 2 aromatic rings. The van der Waals surface area contributed by atoms with Crippen molar-refractivity contribution < 1.29 is 14.8 Å². The average molecular weight is 259 g/mol. The van der Waals surface area contributed by atoms with E-state index in [2.05, 4.69) is 0 Å². The Kier molecular flexibility index (Phi) is 4.10. The first-order chi connectivity index (χ1) is 9.20. The molecule has 0 aliphatic carbocycles. The summed E-state index contributed by atoms with van der Waals surface area (Å²) in [6.45, 7) is 0.0877. The van der Waals surface area contributed by atoms with Gasteiger partial charge in [0.05, 0.1) is 4.92 Å². The number of nitrogens with zero attached hydrogens (tertiary/aromatic N) is 1. The third-order valence-electron chi connectivity index (χ3n) is 2.61. The summed E-state index contributed by atoms with van der Waals surface area (Å²) in [5.41, 5.74) is 0.916. The highest BCUT2D eigenvalue weighted by atomic mass is 16.6. The van der Waals surface area contributed by atoms with Gasteiger partial charge >= 0.3 is 5.69 Å². The monoisotopic (exact) mass is 259 g/mol. The summed E-state index contributed by atoms with van der Waals surface area (Å²) in [6, 6.07) is 13.3. The molecule has 0 bridgehead atoms. The first-order valence-electron chi connectivity index (χ1n) is 5.82. The maximum absolute atomic E-state index is 10.8. The number of aliphatic hydroxyl groups excluding tert-OH is 1. The number of nitro benzene ring substituents is 1. The molecule has 5 heteroatoms. The van der Waals surface area contributed by atoms with Crippen LogP contribution in [0.25, 0.3) is 0 Å². The molecule has 2 aromatic carbocycles.